The van der Waals surface area contributed by atoms with E-state index in [0.717, 1.165) is 16.7 Å². The molecule has 2 rings (SSSR count). The van der Waals surface area contributed by atoms with Crippen LogP contribution in [0.4, 0.5) is 0 Å². The molecule has 0 bridgehead atoms. The van der Waals surface area contributed by atoms with Crippen LogP contribution in [-0.2, 0) is 14.3 Å². The highest BCUT2D eigenvalue weighted by Crippen LogP contribution is 2.19. The number of benzene rings is 1. The Bertz CT molecular complexity index is 497. The van der Waals surface area contributed by atoms with Crippen LogP contribution in [0.3, 0.4) is 0 Å². The number of imide groups is 1. The normalized spacial score (nSPS) is 17.7. The van der Waals surface area contributed by atoms with Gasteiger partial charge in [0, 0.05) is 12.6 Å². The predicted molar refractivity (Wildman–Crippen MR) is 70.4 cm³/mol. The number of aryl methyl sites for hydroxylation is 2. The molecule has 0 aromatic heterocycles. The highest BCUT2D eigenvalue weighted by atomic mass is 16.5. The molecular weight excluding hydrogens is 244 g/mol. The number of ether oxygens (including phenoxy) is 1. The van der Waals surface area contributed by atoms with Gasteiger partial charge in [0.15, 0.2) is 0 Å². The van der Waals surface area contributed by atoms with Crippen molar-refractivity contribution in [2.75, 3.05) is 19.8 Å². The lowest BCUT2D eigenvalue weighted by molar-refractivity contribution is -0.158. The van der Waals surface area contributed by atoms with Crippen molar-refractivity contribution in [2.45, 2.75) is 19.9 Å². The number of rotatable bonds is 3. The number of morpholine rings is 1. The van der Waals surface area contributed by atoms with Gasteiger partial charge in [-0.05, 0) is 25.0 Å². The second-order valence-electron chi connectivity index (χ2n) is 4.86. The molecule has 1 aliphatic rings. The summed E-state index contributed by atoms with van der Waals surface area (Å²) in [6.45, 7) is 4.06. The molecule has 1 aliphatic heterocycles. The molecular formula is C14H18N2O3. The van der Waals surface area contributed by atoms with Gasteiger partial charge in [-0.25, -0.2) is 0 Å². The number of carbonyl (C=O) groups excluding carboxylic acids is 2. The number of nitrogens with two attached hydrogens (primary N) is 1. The predicted octanol–water partition coefficient (Wildman–Crippen LogP) is 0.689. The Balaban J connectivity index is 2.16. The maximum atomic E-state index is 11.6. The summed E-state index contributed by atoms with van der Waals surface area (Å²) < 4.78 is 4.87. The third-order valence-electron chi connectivity index (χ3n) is 3.27. The second kappa shape index (κ2) is 5.50. The molecule has 0 saturated carbocycles. The average Bonchev–Trinajstić information content (AvgIpc) is 2.37. The van der Waals surface area contributed by atoms with Crippen molar-refractivity contribution in [3.05, 3.63) is 34.9 Å². The van der Waals surface area contributed by atoms with E-state index in [2.05, 4.69) is 0 Å². The summed E-state index contributed by atoms with van der Waals surface area (Å²) in [7, 11) is 0. The molecule has 5 nitrogen and oxygen atoms in total. The van der Waals surface area contributed by atoms with E-state index in [-0.39, 0.29) is 37.6 Å². The number of carbonyl (C=O) groups is 2. The molecule has 102 valence electrons. The van der Waals surface area contributed by atoms with Gasteiger partial charge in [0.2, 0.25) is 0 Å². The Morgan fingerprint density at radius 2 is 1.89 bits per heavy atom. The molecule has 1 saturated heterocycles. The highest BCUT2D eigenvalue weighted by Gasteiger charge is 2.28. The molecule has 1 aromatic carbocycles. The van der Waals surface area contributed by atoms with Crippen molar-refractivity contribution in [3.8, 4) is 0 Å². The van der Waals surface area contributed by atoms with Gasteiger partial charge in [-0.1, -0.05) is 23.8 Å². The highest BCUT2D eigenvalue weighted by molar-refractivity contribution is 5.98. The van der Waals surface area contributed by atoms with Crippen LogP contribution >= 0.6 is 0 Å². The van der Waals surface area contributed by atoms with E-state index in [1.165, 1.54) is 4.90 Å². The fourth-order valence-corrected chi connectivity index (χ4v) is 2.18. The van der Waals surface area contributed by atoms with Crippen LogP contribution in [-0.4, -0.2) is 36.5 Å². The SMILES string of the molecule is Cc1ccc(C)c(C(N)CN2C(=O)COCC2=O)c1. The minimum atomic E-state index is -0.370. The van der Waals surface area contributed by atoms with E-state index < -0.39 is 0 Å². The number of amides is 2. The first-order chi connectivity index (χ1) is 8.99. The van der Waals surface area contributed by atoms with Gasteiger partial charge in [-0.3, -0.25) is 14.5 Å². The van der Waals surface area contributed by atoms with E-state index in [1.54, 1.807) is 0 Å². The van der Waals surface area contributed by atoms with Crippen LogP contribution in [0.5, 0.6) is 0 Å². The van der Waals surface area contributed by atoms with E-state index >= 15 is 0 Å². The van der Waals surface area contributed by atoms with E-state index in [1.807, 2.05) is 32.0 Å². The molecule has 1 heterocycles. The fraction of sp³-hybridized carbons (Fsp3) is 0.429. The summed E-state index contributed by atoms with van der Waals surface area (Å²) in [5.41, 5.74) is 9.27. The maximum absolute atomic E-state index is 11.6. The number of hydrogen-bond acceptors (Lipinski definition) is 4. The first-order valence-electron chi connectivity index (χ1n) is 6.22. The summed E-state index contributed by atoms with van der Waals surface area (Å²) in [5, 5.41) is 0. The minimum Gasteiger partial charge on any atom is -0.362 e. The molecule has 19 heavy (non-hydrogen) atoms. The fourth-order valence-electron chi connectivity index (χ4n) is 2.18. The standard InChI is InChI=1S/C14H18N2O3/c1-9-3-4-10(2)11(5-9)12(15)6-16-13(17)7-19-8-14(16)18/h3-5,12H,6-8,15H2,1-2H3. The molecule has 0 aliphatic carbocycles. The molecule has 1 fully saturated rings. The van der Waals surface area contributed by atoms with Crippen LogP contribution in [0.15, 0.2) is 18.2 Å². The van der Waals surface area contributed by atoms with Gasteiger partial charge >= 0.3 is 0 Å². The second-order valence-corrected chi connectivity index (χ2v) is 4.86. The van der Waals surface area contributed by atoms with Gasteiger partial charge in [0.05, 0.1) is 0 Å². The van der Waals surface area contributed by atoms with Crippen molar-refractivity contribution < 1.29 is 14.3 Å². The first-order valence-corrected chi connectivity index (χ1v) is 6.22. The quantitative estimate of drug-likeness (QED) is 0.813. The van der Waals surface area contributed by atoms with Gasteiger partial charge in [-0.15, -0.1) is 0 Å². The Kier molecular flexibility index (Phi) is 3.97. The summed E-state index contributed by atoms with van der Waals surface area (Å²) in [6.07, 6.45) is 0. The maximum Gasteiger partial charge on any atom is 0.255 e. The van der Waals surface area contributed by atoms with Crippen molar-refractivity contribution in [2.24, 2.45) is 5.73 Å². The molecule has 5 heteroatoms. The summed E-state index contributed by atoms with van der Waals surface area (Å²) >= 11 is 0. The third-order valence-corrected chi connectivity index (χ3v) is 3.27. The van der Waals surface area contributed by atoms with Gasteiger partial charge < -0.3 is 10.5 Å². The Morgan fingerprint density at radius 3 is 2.53 bits per heavy atom. The largest absolute Gasteiger partial charge is 0.362 e. The Hall–Kier alpha value is -1.72. The summed E-state index contributed by atoms with van der Waals surface area (Å²) in [5.74, 6) is -0.644. The van der Waals surface area contributed by atoms with Crippen molar-refractivity contribution in [3.63, 3.8) is 0 Å². The van der Waals surface area contributed by atoms with Gasteiger partial charge in [0.1, 0.15) is 13.2 Å². The van der Waals surface area contributed by atoms with E-state index in [4.69, 9.17) is 10.5 Å². The van der Waals surface area contributed by atoms with Crippen LogP contribution in [0.1, 0.15) is 22.7 Å². The molecule has 1 aromatic rings. The smallest absolute Gasteiger partial charge is 0.255 e. The van der Waals surface area contributed by atoms with Crippen molar-refractivity contribution >= 4 is 11.8 Å². The lowest BCUT2D eigenvalue weighted by Crippen LogP contribution is -2.48. The minimum absolute atomic E-state index is 0.0503. The molecule has 0 spiro atoms. The molecule has 2 N–H and O–H groups in total. The lowest BCUT2D eigenvalue weighted by atomic mass is 9.99. The number of nitrogens with zero attached hydrogens (tertiary/aromatic N) is 1. The Labute approximate surface area is 112 Å². The average molecular weight is 262 g/mol. The number of hydrogen-bond donors (Lipinski definition) is 1. The zero-order valence-corrected chi connectivity index (χ0v) is 11.2. The van der Waals surface area contributed by atoms with Crippen LogP contribution in [0.2, 0.25) is 0 Å². The molecule has 1 unspecified atom stereocenters. The molecule has 1 atom stereocenters. The zero-order chi connectivity index (χ0) is 14.0. The van der Waals surface area contributed by atoms with Crippen LogP contribution in [0, 0.1) is 13.8 Å². The first kappa shape index (κ1) is 13.7. The van der Waals surface area contributed by atoms with Crippen molar-refractivity contribution in [1.29, 1.82) is 0 Å². The zero-order valence-electron chi connectivity index (χ0n) is 11.2. The summed E-state index contributed by atoms with van der Waals surface area (Å²) in [4.78, 5) is 24.5. The lowest BCUT2D eigenvalue weighted by Gasteiger charge is -2.28. The van der Waals surface area contributed by atoms with Gasteiger partial charge in [-0.2, -0.15) is 0 Å². The van der Waals surface area contributed by atoms with Crippen molar-refractivity contribution in [1.82, 2.24) is 4.90 Å². The third kappa shape index (κ3) is 3.00. The van der Waals surface area contributed by atoms with Gasteiger partial charge in [0.25, 0.3) is 11.8 Å². The monoisotopic (exact) mass is 262 g/mol. The summed E-state index contributed by atoms with van der Waals surface area (Å²) in [6, 6.07) is 5.63. The van der Waals surface area contributed by atoms with E-state index in [9.17, 15) is 9.59 Å². The van der Waals surface area contributed by atoms with E-state index in [0.29, 0.717) is 0 Å². The Morgan fingerprint density at radius 1 is 1.26 bits per heavy atom. The van der Waals surface area contributed by atoms with Crippen LogP contribution < -0.4 is 5.73 Å². The topological polar surface area (TPSA) is 72.6 Å². The van der Waals surface area contributed by atoms with Crippen LogP contribution in [0.25, 0.3) is 0 Å². The molecule has 2 amide bonds. The molecule has 0 radical (unpaired) electrons.